The van der Waals surface area contributed by atoms with Crippen molar-refractivity contribution in [2.45, 2.75) is 31.6 Å². The monoisotopic (exact) mass is 259 g/mol. The molecule has 1 aromatic carbocycles. The third-order valence-corrected chi connectivity index (χ3v) is 3.86. The van der Waals surface area contributed by atoms with Gasteiger partial charge in [0, 0.05) is 17.5 Å². The van der Waals surface area contributed by atoms with Crippen LogP contribution < -0.4 is 0 Å². The van der Waals surface area contributed by atoms with Gasteiger partial charge in [-0.05, 0) is 55.5 Å². The van der Waals surface area contributed by atoms with Crippen LogP contribution in [0.3, 0.4) is 0 Å². The lowest BCUT2D eigenvalue weighted by Crippen LogP contribution is -2.21. The standard InChI is InChI=1S/C15H17NOS/c1-12-7-6-10-15(11-12)18-16(13(2)17)14-8-4-3-5-9-14/h3-4,6-8,10-11H,5,9H2,1-2H3. The molecule has 0 fully saturated rings. The Morgan fingerprint density at radius 2 is 2.22 bits per heavy atom. The Bertz CT molecular complexity index is 505. The fourth-order valence-corrected chi connectivity index (χ4v) is 2.85. The molecule has 0 unspecified atom stereocenters. The highest BCUT2D eigenvalue weighted by atomic mass is 32.2. The Labute approximate surface area is 113 Å². The normalized spacial score (nSPS) is 14.2. The predicted octanol–water partition coefficient (Wildman–Crippen LogP) is 4.08. The average molecular weight is 259 g/mol. The van der Waals surface area contributed by atoms with Crippen LogP contribution in [0.4, 0.5) is 0 Å². The SMILES string of the molecule is CC(=O)N(Sc1cccc(C)c1)C1=CC=CCC1. The van der Waals surface area contributed by atoms with Crippen LogP contribution in [0, 0.1) is 6.92 Å². The van der Waals surface area contributed by atoms with Gasteiger partial charge >= 0.3 is 0 Å². The zero-order valence-electron chi connectivity index (χ0n) is 10.7. The molecule has 0 N–H and O–H groups in total. The number of rotatable bonds is 3. The van der Waals surface area contributed by atoms with E-state index < -0.39 is 0 Å². The van der Waals surface area contributed by atoms with Gasteiger partial charge < -0.3 is 0 Å². The average Bonchev–Trinajstić information content (AvgIpc) is 2.37. The molecule has 0 saturated carbocycles. The molecule has 94 valence electrons. The number of amides is 1. The van der Waals surface area contributed by atoms with E-state index in [1.54, 1.807) is 11.2 Å². The number of hydrogen-bond donors (Lipinski definition) is 0. The van der Waals surface area contributed by atoms with E-state index in [9.17, 15) is 4.79 Å². The van der Waals surface area contributed by atoms with E-state index in [1.807, 2.05) is 24.3 Å². The smallest absolute Gasteiger partial charge is 0.233 e. The molecule has 1 aliphatic rings. The van der Waals surface area contributed by atoms with E-state index >= 15 is 0 Å². The molecule has 0 aliphatic heterocycles. The topological polar surface area (TPSA) is 20.3 Å². The minimum absolute atomic E-state index is 0.0723. The molecule has 0 radical (unpaired) electrons. The first-order chi connectivity index (χ1) is 8.66. The van der Waals surface area contributed by atoms with Gasteiger partial charge in [0.05, 0.1) is 0 Å². The number of aryl methyl sites for hydroxylation is 1. The summed E-state index contributed by atoms with van der Waals surface area (Å²) in [4.78, 5) is 12.9. The van der Waals surface area contributed by atoms with Crippen molar-refractivity contribution in [3.8, 4) is 0 Å². The van der Waals surface area contributed by atoms with Crippen LogP contribution in [-0.2, 0) is 4.79 Å². The van der Waals surface area contributed by atoms with Gasteiger partial charge in [-0.1, -0.05) is 24.3 Å². The van der Waals surface area contributed by atoms with Crippen LogP contribution >= 0.6 is 11.9 Å². The van der Waals surface area contributed by atoms with Crippen LogP contribution in [-0.4, -0.2) is 10.2 Å². The Balaban J connectivity index is 2.19. The molecule has 0 spiro atoms. The summed E-state index contributed by atoms with van der Waals surface area (Å²) in [6.45, 7) is 3.67. The first kappa shape index (κ1) is 13.0. The largest absolute Gasteiger partial charge is 0.274 e. The number of benzene rings is 1. The van der Waals surface area contributed by atoms with Gasteiger partial charge in [0.2, 0.25) is 5.91 Å². The molecule has 0 saturated heterocycles. The minimum atomic E-state index is 0.0723. The number of nitrogens with zero attached hydrogens (tertiary/aromatic N) is 1. The maximum Gasteiger partial charge on any atom is 0.233 e. The summed E-state index contributed by atoms with van der Waals surface area (Å²) >= 11 is 1.50. The predicted molar refractivity (Wildman–Crippen MR) is 76.0 cm³/mol. The first-order valence-corrected chi connectivity index (χ1v) is 6.85. The van der Waals surface area contributed by atoms with Crippen molar-refractivity contribution in [3.05, 3.63) is 53.8 Å². The quantitative estimate of drug-likeness (QED) is 0.762. The van der Waals surface area contributed by atoms with Crippen LogP contribution in [0.2, 0.25) is 0 Å². The van der Waals surface area contributed by atoms with Crippen LogP contribution in [0.5, 0.6) is 0 Å². The highest BCUT2D eigenvalue weighted by Gasteiger charge is 2.16. The third-order valence-electron chi connectivity index (χ3n) is 2.72. The van der Waals surface area contributed by atoms with E-state index in [1.165, 1.54) is 17.5 Å². The van der Waals surface area contributed by atoms with Crippen molar-refractivity contribution in [2.75, 3.05) is 0 Å². The van der Waals surface area contributed by atoms with Crippen molar-refractivity contribution < 1.29 is 4.79 Å². The fourth-order valence-electron chi connectivity index (χ4n) is 1.86. The lowest BCUT2D eigenvalue weighted by atomic mass is 10.1. The van der Waals surface area contributed by atoms with E-state index in [4.69, 9.17) is 0 Å². The summed E-state index contributed by atoms with van der Waals surface area (Å²) in [6.07, 6.45) is 8.09. The lowest BCUT2D eigenvalue weighted by molar-refractivity contribution is -0.122. The Hall–Kier alpha value is -1.48. The van der Waals surface area contributed by atoms with Gasteiger partial charge in [-0.15, -0.1) is 0 Å². The van der Waals surface area contributed by atoms with Crippen molar-refractivity contribution in [1.82, 2.24) is 4.31 Å². The lowest BCUT2D eigenvalue weighted by Gasteiger charge is -2.23. The van der Waals surface area contributed by atoms with Gasteiger partial charge in [-0.3, -0.25) is 9.10 Å². The summed E-state index contributed by atoms with van der Waals surface area (Å²) in [6, 6.07) is 8.21. The second kappa shape index (κ2) is 5.91. The second-order valence-electron chi connectivity index (χ2n) is 4.35. The third kappa shape index (κ3) is 3.26. The molecule has 2 rings (SSSR count). The molecule has 0 aromatic heterocycles. The van der Waals surface area contributed by atoms with Crippen molar-refractivity contribution in [3.63, 3.8) is 0 Å². The molecular formula is C15H17NOS. The molecule has 18 heavy (non-hydrogen) atoms. The van der Waals surface area contributed by atoms with Crippen LogP contribution in [0.15, 0.2) is 53.1 Å². The summed E-state index contributed by atoms with van der Waals surface area (Å²) in [7, 11) is 0. The molecule has 0 atom stereocenters. The van der Waals surface area contributed by atoms with Crippen molar-refractivity contribution in [1.29, 1.82) is 0 Å². The zero-order valence-corrected chi connectivity index (χ0v) is 11.5. The van der Waals surface area contributed by atoms with Gasteiger partial charge in [0.15, 0.2) is 0 Å². The molecule has 2 nitrogen and oxygen atoms in total. The number of hydrogen-bond acceptors (Lipinski definition) is 2. The molecule has 1 aromatic rings. The van der Waals surface area contributed by atoms with Gasteiger partial charge in [-0.2, -0.15) is 0 Å². The summed E-state index contributed by atoms with van der Waals surface area (Å²) in [5, 5.41) is 0. The Kier molecular flexibility index (Phi) is 4.26. The maximum atomic E-state index is 11.8. The van der Waals surface area contributed by atoms with Crippen LogP contribution in [0.1, 0.15) is 25.3 Å². The van der Waals surface area contributed by atoms with Gasteiger partial charge in [-0.25, -0.2) is 0 Å². The second-order valence-corrected chi connectivity index (χ2v) is 5.37. The minimum Gasteiger partial charge on any atom is -0.274 e. The van der Waals surface area contributed by atoms with E-state index in [0.29, 0.717) is 0 Å². The zero-order chi connectivity index (χ0) is 13.0. The van der Waals surface area contributed by atoms with E-state index in [0.717, 1.165) is 23.4 Å². The summed E-state index contributed by atoms with van der Waals surface area (Å²) in [5.41, 5.74) is 2.29. The summed E-state index contributed by atoms with van der Waals surface area (Å²) < 4.78 is 1.79. The van der Waals surface area contributed by atoms with E-state index in [2.05, 4.69) is 25.1 Å². The van der Waals surface area contributed by atoms with Crippen LogP contribution in [0.25, 0.3) is 0 Å². The molecule has 1 aliphatic carbocycles. The highest BCUT2D eigenvalue weighted by molar-refractivity contribution is 7.97. The van der Waals surface area contributed by atoms with Crippen molar-refractivity contribution >= 4 is 17.9 Å². The molecule has 3 heteroatoms. The van der Waals surface area contributed by atoms with Gasteiger partial charge in [0.25, 0.3) is 0 Å². The molecular weight excluding hydrogens is 242 g/mol. The van der Waals surface area contributed by atoms with Crippen molar-refractivity contribution in [2.24, 2.45) is 0 Å². The van der Waals surface area contributed by atoms with Gasteiger partial charge in [0.1, 0.15) is 0 Å². The fraction of sp³-hybridized carbons (Fsp3) is 0.267. The first-order valence-electron chi connectivity index (χ1n) is 6.08. The number of carbonyl (C=O) groups excluding carboxylic acids is 1. The molecule has 0 bridgehead atoms. The maximum absolute atomic E-state index is 11.8. The highest BCUT2D eigenvalue weighted by Crippen LogP contribution is 2.30. The summed E-state index contributed by atoms with van der Waals surface area (Å²) in [5.74, 6) is 0.0723. The molecule has 0 heterocycles. The number of carbonyl (C=O) groups is 1. The molecule has 1 amide bonds. The Morgan fingerprint density at radius 3 is 2.83 bits per heavy atom. The number of allylic oxidation sites excluding steroid dienone is 4. The van der Waals surface area contributed by atoms with E-state index in [-0.39, 0.29) is 5.91 Å². The Morgan fingerprint density at radius 1 is 1.39 bits per heavy atom.